The third-order valence-electron chi connectivity index (χ3n) is 4.55. The van der Waals surface area contributed by atoms with Crippen LogP contribution < -0.4 is 5.32 Å². The first-order valence-corrected chi connectivity index (χ1v) is 9.41. The molecule has 3 rings (SSSR count). The molecule has 3 amide bonds. The number of methoxy groups -OCH3 is 1. The van der Waals surface area contributed by atoms with Crippen LogP contribution in [-0.4, -0.2) is 55.5 Å². The van der Waals surface area contributed by atoms with Crippen LogP contribution in [0.3, 0.4) is 0 Å². The van der Waals surface area contributed by atoms with Gasteiger partial charge in [-0.1, -0.05) is 6.07 Å². The average Bonchev–Trinajstić information content (AvgIpc) is 3.02. The minimum Gasteiger partial charge on any atom is -0.452 e. The molecule has 1 aliphatic rings. The summed E-state index contributed by atoms with van der Waals surface area (Å²) < 4.78 is 9.94. The van der Waals surface area contributed by atoms with Crippen LogP contribution in [0.15, 0.2) is 42.5 Å². The summed E-state index contributed by atoms with van der Waals surface area (Å²) in [6, 6.07) is 12.3. The Kier molecular flexibility index (Phi) is 6.74. The van der Waals surface area contributed by atoms with Crippen LogP contribution in [-0.2, 0) is 14.3 Å². The van der Waals surface area contributed by atoms with Crippen LogP contribution in [0.1, 0.15) is 43.1 Å². The van der Waals surface area contributed by atoms with Gasteiger partial charge in [0.2, 0.25) is 0 Å². The first-order valence-electron chi connectivity index (χ1n) is 9.41. The molecule has 158 valence electrons. The summed E-state index contributed by atoms with van der Waals surface area (Å²) in [5.74, 6) is -2.29. The van der Waals surface area contributed by atoms with E-state index < -0.39 is 30.3 Å². The lowest BCUT2D eigenvalue weighted by Crippen LogP contribution is -2.31. The van der Waals surface area contributed by atoms with Gasteiger partial charge in [0.1, 0.15) is 0 Å². The highest BCUT2D eigenvalue weighted by Gasteiger charge is 2.35. The number of carbonyl (C=O) groups excluding carboxylic acids is 4. The number of benzene rings is 2. The van der Waals surface area contributed by atoms with Crippen molar-refractivity contribution in [1.29, 1.82) is 5.26 Å². The summed E-state index contributed by atoms with van der Waals surface area (Å²) >= 11 is 0. The largest absolute Gasteiger partial charge is 0.452 e. The third-order valence-corrected chi connectivity index (χ3v) is 4.55. The molecule has 0 unspecified atom stereocenters. The van der Waals surface area contributed by atoms with E-state index in [1.807, 2.05) is 6.07 Å². The number of nitrogens with one attached hydrogen (secondary N) is 1. The van der Waals surface area contributed by atoms with Gasteiger partial charge in [-0.3, -0.25) is 19.3 Å². The molecule has 31 heavy (non-hydrogen) atoms. The molecule has 1 aliphatic heterocycles. The number of hydrogen-bond acceptors (Lipinski definition) is 7. The Bertz CT molecular complexity index is 1090. The van der Waals surface area contributed by atoms with E-state index in [0.29, 0.717) is 24.3 Å². The molecule has 2 aromatic rings. The van der Waals surface area contributed by atoms with Crippen molar-refractivity contribution < 1.29 is 28.7 Å². The molecule has 0 aliphatic carbocycles. The van der Waals surface area contributed by atoms with Crippen LogP contribution in [0.2, 0.25) is 0 Å². The highest BCUT2D eigenvalue weighted by atomic mass is 16.5. The van der Waals surface area contributed by atoms with Gasteiger partial charge in [-0.25, -0.2) is 4.79 Å². The third kappa shape index (κ3) is 4.94. The molecule has 1 heterocycles. The Hall–Kier alpha value is -4.03. The molecule has 0 saturated heterocycles. The zero-order chi connectivity index (χ0) is 22.4. The number of ether oxygens (including phenoxy) is 2. The standard InChI is InChI=1S/C22H19N3O6/c1-30-9-3-8-25-20(27)17-7-6-15(11-18(17)21(25)28)22(29)31-13-19(26)24-16-5-2-4-14(10-16)12-23/h2,4-7,10-11H,3,8-9,13H2,1H3,(H,24,26). The number of amides is 3. The van der Waals surface area contributed by atoms with E-state index in [4.69, 9.17) is 14.7 Å². The van der Waals surface area contributed by atoms with Crippen molar-refractivity contribution in [2.75, 3.05) is 32.2 Å². The number of imide groups is 1. The van der Waals surface area contributed by atoms with Gasteiger partial charge in [-0.15, -0.1) is 0 Å². The van der Waals surface area contributed by atoms with Gasteiger partial charge < -0.3 is 14.8 Å². The second kappa shape index (κ2) is 9.65. The summed E-state index contributed by atoms with van der Waals surface area (Å²) in [5.41, 5.74) is 1.17. The van der Waals surface area contributed by atoms with Crippen molar-refractivity contribution in [2.45, 2.75) is 6.42 Å². The molecule has 2 aromatic carbocycles. The predicted octanol–water partition coefficient (Wildman–Crippen LogP) is 1.99. The average molecular weight is 421 g/mol. The monoisotopic (exact) mass is 421 g/mol. The zero-order valence-corrected chi connectivity index (χ0v) is 16.7. The second-order valence-corrected chi connectivity index (χ2v) is 6.69. The number of rotatable bonds is 8. The molecular weight excluding hydrogens is 402 g/mol. The number of anilines is 1. The lowest BCUT2D eigenvalue weighted by molar-refractivity contribution is -0.119. The lowest BCUT2D eigenvalue weighted by atomic mass is 10.1. The number of fused-ring (bicyclic) bond motifs is 1. The van der Waals surface area contributed by atoms with Gasteiger partial charge in [0.15, 0.2) is 6.61 Å². The number of nitriles is 1. The Morgan fingerprint density at radius 3 is 2.61 bits per heavy atom. The molecule has 0 radical (unpaired) electrons. The number of carbonyl (C=O) groups is 4. The van der Waals surface area contributed by atoms with Crippen molar-refractivity contribution in [3.63, 3.8) is 0 Å². The van der Waals surface area contributed by atoms with Crippen LogP contribution >= 0.6 is 0 Å². The Morgan fingerprint density at radius 2 is 1.87 bits per heavy atom. The van der Waals surface area contributed by atoms with Gasteiger partial charge in [-0.2, -0.15) is 5.26 Å². The lowest BCUT2D eigenvalue weighted by Gasteiger charge is -2.12. The maximum Gasteiger partial charge on any atom is 0.338 e. The normalized spacial score (nSPS) is 12.3. The van der Waals surface area contributed by atoms with E-state index in [-0.39, 0.29) is 23.2 Å². The number of esters is 1. The molecule has 0 spiro atoms. The first kappa shape index (κ1) is 21.7. The van der Waals surface area contributed by atoms with Gasteiger partial charge in [0.05, 0.1) is 28.3 Å². The molecule has 9 nitrogen and oxygen atoms in total. The fraction of sp³-hybridized carbons (Fsp3) is 0.227. The minimum absolute atomic E-state index is 0.0536. The van der Waals surface area contributed by atoms with Crippen molar-refractivity contribution >= 4 is 29.4 Å². The quantitative estimate of drug-likeness (QED) is 0.392. The molecule has 0 fully saturated rings. The van der Waals surface area contributed by atoms with E-state index in [1.165, 1.54) is 31.4 Å². The topological polar surface area (TPSA) is 126 Å². The fourth-order valence-corrected chi connectivity index (χ4v) is 3.07. The SMILES string of the molecule is COCCCN1C(=O)c2ccc(C(=O)OCC(=O)Nc3cccc(C#N)c3)cc2C1=O. The number of nitrogens with zero attached hydrogens (tertiary/aromatic N) is 2. The smallest absolute Gasteiger partial charge is 0.338 e. The minimum atomic E-state index is -0.804. The molecule has 0 saturated carbocycles. The summed E-state index contributed by atoms with van der Waals surface area (Å²) in [7, 11) is 1.53. The summed E-state index contributed by atoms with van der Waals surface area (Å²) in [6.07, 6.45) is 0.503. The molecular formula is C22H19N3O6. The number of hydrogen-bond donors (Lipinski definition) is 1. The molecule has 9 heteroatoms. The van der Waals surface area contributed by atoms with E-state index in [2.05, 4.69) is 5.32 Å². The Labute approximate surface area is 178 Å². The highest BCUT2D eigenvalue weighted by molar-refractivity contribution is 6.22. The first-order chi connectivity index (χ1) is 14.9. The van der Waals surface area contributed by atoms with Crippen molar-refractivity contribution in [3.05, 3.63) is 64.7 Å². The van der Waals surface area contributed by atoms with E-state index in [9.17, 15) is 19.2 Å². The van der Waals surface area contributed by atoms with Gasteiger partial charge in [-0.05, 0) is 42.8 Å². The van der Waals surface area contributed by atoms with E-state index >= 15 is 0 Å². The summed E-state index contributed by atoms with van der Waals surface area (Å²) in [5, 5.41) is 11.4. The van der Waals surface area contributed by atoms with Gasteiger partial charge in [0.25, 0.3) is 17.7 Å². The highest BCUT2D eigenvalue weighted by Crippen LogP contribution is 2.24. The van der Waals surface area contributed by atoms with Crippen LogP contribution in [0, 0.1) is 11.3 Å². The zero-order valence-electron chi connectivity index (χ0n) is 16.7. The Morgan fingerprint density at radius 1 is 1.10 bits per heavy atom. The van der Waals surface area contributed by atoms with Crippen LogP contribution in [0.4, 0.5) is 5.69 Å². The molecule has 0 atom stereocenters. The molecule has 0 aromatic heterocycles. The predicted molar refractivity (Wildman–Crippen MR) is 108 cm³/mol. The maximum atomic E-state index is 12.5. The summed E-state index contributed by atoms with van der Waals surface area (Å²) in [4.78, 5) is 50.3. The van der Waals surface area contributed by atoms with Crippen molar-refractivity contribution in [2.24, 2.45) is 0 Å². The fourth-order valence-electron chi connectivity index (χ4n) is 3.07. The summed E-state index contributed by atoms with van der Waals surface area (Å²) in [6.45, 7) is 0.0731. The van der Waals surface area contributed by atoms with E-state index in [1.54, 1.807) is 18.2 Å². The van der Waals surface area contributed by atoms with Crippen molar-refractivity contribution in [3.8, 4) is 6.07 Å². The van der Waals surface area contributed by atoms with Crippen molar-refractivity contribution in [1.82, 2.24) is 4.90 Å². The molecule has 1 N–H and O–H groups in total. The molecule has 0 bridgehead atoms. The van der Waals surface area contributed by atoms with Crippen LogP contribution in [0.25, 0.3) is 0 Å². The van der Waals surface area contributed by atoms with E-state index in [0.717, 1.165) is 4.90 Å². The van der Waals surface area contributed by atoms with Gasteiger partial charge in [0, 0.05) is 25.9 Å². The maximum absolute atomic E-state index is 12.5. The second-order valence-electron chi connectivity index (χ2n) is 6.69. The Balaban J connectivity index is 1.61. The van der Waals surface area contributed by atoms with Gasteiger partial charge >= 0.3 is 5.97 Å². The van der Waals surface area contributed by atoms with Crippen LogP contribution in [0.5, 0.6) is 0 Å².